The van der Waals surface area contributed by atoms with Crippen LogP contribution in [0.25, 0.3) is 10.9 Å². The lowest BCUT2D eigenvalue weighted by molar-refractivity contribution is 0.0963. The maximum atomic E-state index is 12.1. The smallest absolute Gasteiger partial charge is 0.255 e. The zero-order chi connectivity index (χ0) is 18.3. The van der Waals surface area contributed by atoms with Gasteiger partial charge in [-0.2, -0.15) is 0 Å². The Bertz CT molecular complexity index is 1010. The van der Waals surface area contributed by atoms with Gasteiger partial charge in [0.15, 0.2) is 5.75 Å². The first kappa shape index (κ1) is 16.4. The van der Waals surface area contributed by atoms with Crippen LogP contribution in [0.5, 0.6) is 11.5 Å². The van der Waals surface area contributed by atoms with Crippen LogP contribution in [0.2, 0.25) is 0 Å². The minimum absolute atomic E-state index is 0.0738. The number of hydrogen-bond donors (Lipinski definition) is 2. The summed E-state index contributed by atoms with van der Waals surface area (Å²) in [7, 11) is 0. The lowest BCUT2D eigenvalue weighted by atomic mass is 9.99. The van der Waals surface area contributed by atoms with Gasteiger partial charge in [-0.05, 0) is 37.5 Å². The Kier molecular flexibility index (Phi) is 3.99. The first-order valence-electron chi connectivity index (χ1n) is 8.71. The van der Waals surface area contributed by atoms with Gasteiger partial charge < -0.3 is 15.2 Å². The van der Waals surface area contributed by atoms with Crippen LogP contribution in [0, 0.1) is 6.92 Å². The van der Waals surface area contributed by atoms with Crippen molar-refractivity contribution < 1.29 is 14.6 Å². The van der Waals surface area contributed by atoms with Gasteiger partial charge in [0.2, 0.25) is 0 Å². The van der Waals surface area contributed by atoms with Gasteiger partial charge in [-0.3, -0.25) is 9.78 Å². The first-order chi connectivity index (χ1) is 12.6. The van der Waals surface area contributed by atoms with Gasteiger partial charge in [-0.25, -0.2) is 0 Å². The van der Waals surface area contributed by atoms with Gasteiger partial charge in [-0.1, -0.05) is 29.8 Å². The summed E-state index contributed by atoms with van der Waals surface area (Å²) in [4.78, 5) is 16.5. The molecule has 1 aromatic heterocycles. The van der Waals surface area contributed by atoms with Crippen LogP contribution >= 0.6 is 0 Å². The molecule has 2 heterocycles. The Labute approximate surface area is 151 Å². The molecule has 5 nitrogen and oxygen atoms in total. The fourth-order valence-corrected chi connectivity index (χ4v) is 3.43. The zero-order valence-corrected chi connectivity index (χ0v) is 14.8. The third kappa shape index (κ3) is 2.65. The van der Waals surface area contributed by atoms with Gasteiger partial charge in [0, 0.05) is 23.7 Å². The number of fused-ring (bicyclic) bond motifs is 2. The van der Waals surface area contributed by atoms with Crippen LogP contribution in [-0.2, 0) is 13.0 Å². The summed E-state index contributed by atoms with van der Waals surface area (Å²) in [5.41, 5.74) is 4.82. The minimum Gasteiger partial charge on any atom is -0.505 e. The van der Waals surface area contributed by atoms with Crippen molar-refractivity contribution in [3.05, 3.63) is 64.3 Å². The Morgan fingerprint density at radius 1 is 1.23 bits per heavy atom. The lowest BCUT2D eigenvalue weighted by Crippen LogP contribution is -2.12. The van der Waals surface area contributed by atoms with Crippen molar-refractivity contribution in [1.82, 2.24) is 10.3 Å². The standard InChI is InChI=1S/C21H20N2O3/c1-3-26-20-15-9-14(8-13-6-4-12(2)5-7-13)10-22-18(15)19(24)17-16(20)11-23-21(17)25/h4-7,9-10,24H,3,8,11H2,1-2H3,(H,23,25). The number of phenols is 1. The summed E-state index contributed by atoms with van der Waals surface area (Å²) >= 11 is 0. The molecule has 0 radical (unpaired) electrons. The number of nitrogens with one attached hydrogen (secondary N) is 1. The highest BCUT2D eigenvalue weighted by molar-refractivity contribution is 6.08. The van der Waals surface area contributed by atoms with E-state index in [9.17, 15) is 9.90 Å². The second kappa shape index (κ2) is 6.33. The molecule has 2 aromatic carbocycles. The van der Waals surface area contributed by atoms with E-state index >= 15 is 0 Å². The van der Waals surface area contributed by atoms with Gasteiger partial charge in [-0.15, -0.1) is 0 Å². The highest BCUT2D eigenvalue weighted by Crippen LogP contribution is 2.41. The van der Waals surface area contributed by atoms with Crippen molar-refractivity contribution in [2.24, 2.45) is 0 Å². The van der Waals surface area contributed by atoms with Crippen molar-refractivity contribution in [2.75, 3.05) is 6.61 Å². The summed E-state index contributed by atoms with van der Waals surface area (Å²) in [6.07, 6.45) is 2.49. The number of carbonyl (C=O) groups excluding carboxylic acids is 1. The van der Waals surface area contributed by atoms with Gasteiger partial charge >= 0.3 is 0 Å². The molecule has 1 aliphatic heterocycles. The quantitative estimate of drug-likeness (QED) is 0.757. The largest absolute Gasteiger partial charge is 0.505 e. The topological polar surface area (TPSA) is 71.5 Å². The number of amides is 1. The fourth-order valence-electron chi connectivity index (χ4n) is 3.43. The SMILES string of the molecule is CCOc1c2c(c(O)c3ncc(Cc4ccc(C)cc4)cc13)C(=O)NC2. The van der Waals surface area contributed by atoms with E-state index in [2.05, 4.69) is 41.5 Å². The van der Waals surface area contributed by atoms with E-state index in [1.54, 1.807) is 6.20 Å². The number of aromatic hydroxyl groups is 1. The third-order valence-electron chi connectivity index (χ3n) is 4.70. The number of pyridine rings is 1. The summed E-state index contributed by atoms with van der Waals surface area (Å²) in [6, 6.07) is 10.4. The van der Waals surface area contributed by atoms with E-state index in [0.717, 1.165) is 17.4 Å². The average molecular weight is 348 g/mol. The van der Waals surface area contributed by atoms with Crippen molar-refractivity contribution in [3.8, 4) is 11.5 Å². The van der Waals surface area contributed by atoms with E-state index < -0.39 is 0 Å². The van der Waals surface area contributed by atoms with Gasteiger partial charge in [0.1, 0.15) is 11.3 Å². The number of hydrogen-bond acceptors (Lipinski definition) is 4. The summed E-state index contributed by atoms with van der Waals surface area (Å²) in [6.45, 7) is 4.80. The fraction of sp³-hybridized carbons (Fsp3) is 0.238. The van der Waals surface area contributed by atoms with Crippen LogP contribution in [0.3, 0.4) is 0 Å². The Balaban J connectivity index is 1.85. The summed E-state index contributed by atoms with van der Waals surface area (Å²) in [5.74, 6) is 0.271. The van der Waals surface area contributed by atoms with Crippen LogP contribution < -0.4 is 10.1 Å². The Hall–Kier alpha value is -3.08. The number of rotatable bonds is 4. The molecular weight excluding hydrogens is 328 g/mol. The maximum absolute atomic E-state index is 12.1. The number of phenolic OH excluding ortho intramolecular Hbond substituents is 1. The molecule has 0 bridgehead atoms. The molecule has 3 aromatic rings. The zero-order valence-electron chi connectivity index (χ0n) is 14.8. The van der Waals surface area contributed by atoms with Crippen molar-refractivity contribution in [1.29, 1.82) is 0 Å². The van der Waals surface area contributed by atoms with E-state index in [1.165, 1.54) is 11.1 Å². The molecule has 1 aliphatic rings. The Morgan fingerprint density at radius 3 is 2.73 bits per heavy atom. The molecule has 0 aliphatic carbocycles. The highest BCUT2D eigenvalue weighted by Gasteiger charge is 2.30. The van der Waals surface area contributed by atoms with Crippen molar-refractivity contribution in [2.45, 2.75) is 26.8 Å². The molecule has 0 saturated carbocycles. The molecule has 132 valence electrons. The van der Waals surface area contributed by atoms with Crippen LogP contribution in [0.1, 0.15) is 39.5 Å². The number of carbonyl (C=O) groups is 1. The van der Waals surface area contributed by atoms with E-state index in [4.69, 9.17) is 4.74 Å². The van der Waals surface area contributed by atoms with Crippen LogP contribution in [-0.4, -0.2) is 22.6 Å². The third-order valence-corrected chi connectivity index (χ3v) is 4.70. The van der Waals surface area contributed by atoms with E-state index in [0.29, 0.717) is 30.0 Å². The molecule has 0 unspecified atom stereocenters. The van der Waals surface area contributed by atoms with Crippen molar-refractivity contribution in [3.63, 3.8) is 0 Å². The Morgan fingerprint density at radius 2 is 2.00 bits per heavy atom. The number of ether oxygens (including phenoxy) is 1. The first-order valence-corrected chi connectivity index (χ1v) is 8.71. The van der Waals surface area contributed by atoms with Crippen molar-refractivity contribution >= 4 is 16.8 Å². The van der Waals surface area contributed by atoms with Crippen LogP contribution in [0.4, 0.5) is 0 Å². The lowest BCUT2D eigenvalue weighted by Gasteiger charge is -2.14. The number of benzene rings is 2. The van der Waals surface area contributed by atoms with Crippen LogP contribution in [0.15, 0.2) is 36.5 Å². The van der Waals surface area contributed by atoms with E-state index in [1.807, 2.05) is 13.0 Å². The highest BCUT2D eigenvalue weighted by atomic mass is 16.5. The normalized spacial score (nSPS) is 12.9. The molecule has 0 saturated heterocycles. The summed E-state index contributed by atoms with van der Waals surface area (Å²) < 4.78 is 5.84. The minimum atomic E-state index is -0.286. The second-order valence-corrected chi connectivity index (χ2v) is 6.55. The van der Waals surface area contributed by atoms with Gasteiger partial charge in [0.05, 0.1) is 12.2 Å². The molecule has 0 atom stereocenters. The molecular formula is C21H20N2O3. The molecule has 0 spiro atoms. The monoisotopic (exact) mass is 348 g/mol. The number of nitrogens with zero attached hydrogens (tertiary/aromatic N) is 1. The number of aromatic nitrogens is 1. The predicted molar refractivity (Wildman–Crippen MR) is 99.7 cm³/mol. The average Bonchev–Trinajstić information content (AvgIpc) is 3.02. The molecule has 5 heteroatoms. The number of aryl methyl sites for hydroxylation is 1. The molecule has 1 amide bonds. The molecule has 26 heavy (non-hydrogen) atoms. The molecule has 0 fully saturated rings. The van der Waals surface area contributed by atoms with E-state index in [-0.39, 0.29) is 17.2 Å². The summed E-state index contributed by atoms with van der Waals surface area (Å²) in [5, 5.41) is 14.1. The van der Waals surface area contributed by atoms with Gasteiger partial charge in [0.25, 0.3) is 5.91 Å². The predicted octanol–water partition coefficient (Wildman–Crippen LogP) is 3.48. The maximum Gasteiger partial charge on any atom is 0.255 e. The second-order valence-electron chi connectivity index (χ2n) is 6.55. The molecule has 2 N–H and O–H groups in total. The molecule has 4 rings (SSSR count).